The number of halogens is 1. The van der Waals surface area contributed by atoms with E-state index in [1.165, 1.54) is 12.1 Å². The highest BCUT2D eigenvalue weighted by atomic mass is 32.2. The number of nitrogens with zero attached hydrogens (tertiary/aromatic N) is 4. The van der Waals surface area contributed by atoms with Gasteiger partial charge >= 0.3 is 0 Å². The Bertz CT molecular complexity index is 1470. The Labute approximate surface area is 204 Å². The number of hydrogen-bond acceptors (Lipinski definition) is 6. The first-order valence-corrected chi connectivity index (χ1v) is 13.2. The standard InChI is InChI=1S/C26H26FN5O2S/c1-3-28-25-29-16-14-21(30-25)24-23(19-9-11-20(27)12-10-19)31-22-13-15-26(2,32(22)24)35(33,34)17-18-7-5-4-6-8-18/h4-12,14,16H,3,13,15,17H2,1-2H3,(H,28,29,30)/t26-/m0/s1. The Balaban J connectivity index is 1.71. The highest BCUT2D eigenvalue weighted by Crippen LogP contribution is 2.45. The number of aryl methyl sites for hydroxylation is 1. The molecule has 1 aliphatic heterocycles. The molecule has 0 fully saturated rings. The number of hydrogen-bond donors (Lipinski definition) is 1. The van der Waals surface area contributed by atoms with Crippen LogP contribution < -0.4 is 5.32 Å². The van der Waals surface area contributed by atoms with E-state index in [0.717, 1.165) is 5.56 Å². The molecule has 2 aromatic carbocycles. The summed E-state index contributed by atoms with van der Waals surface area (Å²) in [6, 6.07) is 17.0. The second kappa shape index (κ2) is 8.88. The Hall–Kier alpha value is -3.59. The smallest absolute Gasteiger partial charge is 0.223 e. The summed E-state index contributed by atoms with van der Waals surface area (Å²) in [6.45, 7) is 4.35. The first kappa shape index (κ1) is 23.2. The second-order valence-electron chi connectivity index (χ2n) is 8.78. The minimum atomic E-state index is -3.65. The van der Waals surface area contributed by atoms with Crippen molar-refractivity contribution in [3.05, 3.63) is 84.1 Å². The van der Waals surface area contributed by atoms with E-state index < -0.39 is 14.7 Å². The SMILES string of the molecule is CCNc1nccc(-c2c(-c3ccc(F)cc3)nc3n2[C@@](C)(S(=O)(=O)Cc2ccccc2)CC3)n1. The molecule has 0 saturated heterocycles. The van der Waals surface area contributed by atoms with Gasteiger partial charge in [0, 0.05) is 24.7 Å². The molecule has 4 aromatic rings. The maximum absolute atomic E-state index is 13.9. The van der Waals surface area contributed by atoms with Crippen LogP contribution in [-0.4, -0.2) is 34.5 Å². The Kier molecular flexibility index (Phi) is 5.88. The molecule has 0 spiro atoms. The van der Waals surface area contributed by atoms with Gasteiger partial charge in [0.2, 0.25) is 5.95 Å². The molecule has 0 unspecified atom stereocenters. The fraction of sp³-hybridized carbons (Fsp3) is 0.269. The molecule has 180 valence electrons. The Morgan fingerprint density at radius 1 is 1.06 bits per heavy atom. The zero-order valence-electron chi connectivity index (χ0n) is 19.6. The van der Waals surface area contributed by atoms with Gasteiger partial charge in [-0.25, -0.2) is 27.8 Å². The lowest BCUT2D eigenvalue weighted by molar-refractivity contribution is 0.453. The van der Waals surface area contributed by atoms with E-state index in [0.29, 0.717) is 53.8 Å². The van der Waals surface area contributed by atoms with Gasteiger partial charge in [-0.05, 0) is 56.2 Å². The quantitative estimate of drug-likeness (QED) is 0.399. The number of anilines is 1. The lowest BCUT2D eigenvalue weighted by atomic mass is 10.1. The van der Waals surface area contributed by atoms with E-state index in [1.54, 1.807) is 31.3 Å². The molecule has 0 saturated carbocycles. The van der Waals surface area contributed by atoms with Crippen molar-refractivity contribution >= 4 is 15.8 Å². The lowest BCUT2D eigenvalue weighted by Gasteiger charge is -2.29. The zero-order valence-corrected chi connectivity index (χ0v) is 20.4. The summed E-state index contributed by atoms with van der Waals surface area (Å²) in [5, 5.41) is 3.11. The van der Waals surface area contributed by atoms with Gasteiger partial charge in [-0.1, -0.05) is 30.3 Å². The van der Waals surface area contributed by atoms with Crippen molar-refractivity contribution in [2.75, 3.05) is 11.9 Å². The van der Waals surface area contributed by atoms with Crippen molar-refractivity contribution in [3.8, 4) is 22.6 Å². The van der Waals surface area contributed by atoms with Crippen molar-refractivity contribution in [3.63, 3.8) is 0 Å². The van der Waals surface area contributed by atoms with Crippen LogP contribution in [0, 0.1) is 5.82 Å². The molecule has 3 heterocycles. The van der Waals surface area contributed by atoms with Crippen LogP contribution in [0.25, 0.3) is 22.6 Å². The fourth-order valence-electron chi connectivity index (χ4n) is 4.62. The molecule has 1 atom stereocenters. The van der Waals surface area contributed by atoms with Crippen LogP contribution in [0.15, 0.2) is 66.9 Å². The molecule has 7 nitrogen and oxygen atoms in total. The molecule has 0 aliphatic carbocycles. The van der Waals surface area contributed by atoms with Gasteiger partial charge < -0.3 is 9.88 Å². The number of nitrogens with one attached hydrogen (secondary N) is 1. The molecule has 0 radical (unpaired) electrons. The first-order chi connectivity index (χ1) is 16.8. The minimum Gasteiger partial charge on any atom is -0.354 e. The molecule has 9 heteroatoms. The van der Waals surface area contributed by atoms with Gasteiger partial charge in [0.15, 0.2) is 9.84 Å². The van der Waals surface area contributed by atoms with Crippen LogP contribution in [0.1, 0.15) is 31.7 Å². The van der Waals surface area contributed by atoms with Gasteiger partial charge in [-0.15, -0.1) is 0 Å². The van der Waals surface area contributed by atoms with Crippen LogP contribution in [-0.2, 0) is 26.9 Å². The van der Waals surface area contributed by atoms with Crippen molar-refractivity contribution in [1.29, 1.82) is 0 Å². The van der Waals surface area contributed by atoms with Gasteiger partial charge in [0.25, 0.3) is 0 Å². The first-order valence-electron chi connectivity index (χ1n) is 11.5. The van der Waals surface area contributed by atoms with Crippen molar-refractivity contribution in [2.45, 2.75) is 37.3 Å². The number of fused-ring (bicyclic) bond motifs is 1. The highest BCUT2D eigenvalue weighted by Gasteiger charge is 2.48. The van der Waals surface area contributed by atoms with E-state index in [-0.39, 0.29) is 11.6 Å². The molecule has 0 amide bonds. The summed E-state index contributed by atoms with van der Waals surface area (Å²) in [5.41, 5.74) is 3.14. The third-order valence-electron chi connectivity index (χ3n) is 6.45. The average molecular weight is 492 g/mol. The van der Waals surface area contributed by atoms with Gasteiger partial charge in [0.05, 0.1) is 22.8 Å². The average Bonchev–Trinajstić information content (AvgIpc) is 3.39. The summed E-state index contributed by atoms with van der Waals surface area (Å²) in [7, 11) is -3.65. The molecule has 0 bridgehead atoms. The molecule has 5 rings (SSSR count). The van der Waals surface area contributed by atoms with Gasteiger partial charge in [0.1, 0.15) is 16.5 Å². The van der Waals surface area contributed by atoms with Crippen LogP contribution in [0.3, 0.4) is 0 Å². The summed E-state index contributed by atoms with van der Waals surface area (Å²) in [4.78, 5) is 12.6. The molecule has 1 aliphatic rings. The summed E-state index contributed by atoms with van der Waals surface area (Å²) in [5.74, 6) is 0.674. The summed E-state index contributed by atoms with van der Waals surface area (Å²) < 4.78 is 43.3. The molecular formula is C26H26FN5O2S. The van der Waals surface area contributed by atoms with Crippen molar-refractivity contribution in [2.24, 2.45) is 0 Å². The van der Waals surface area contributed by atoms with Gasteiger partial charge in [-0.2, -0.15) is 0 Å². The van der Waals surface area contributed by atoms with Crippen LogP contribution >= 0.6 is 0 Å². The van der Waals surface area contributed by atoms with Crippen LogP contribution in [0.2, 0.25) is 0 Å². The number of sulfone groups is 1. The van der Waals surface area contributed by atoms with E-state index in [1.807, 2.05) is 41.8 Å². The maximum atomic E-state index is 13.9. The third kappa shape index (κ3) is 4.10. The monoisotopic (exact) mass is 491 g/mol. The topological polar surface area (TPSA) is 89.8 Å². The third-order valence-corrected chi connectivity index (χ3v) is 8.89. The second-order valence-corrected chi connectivity index (χ2v) is 11.2. The van der Waals surface area contributed by atoms with Crippen molar-refractivity contribution < 1.29 is 12.8 Å². The molecule has 1 N–H and O–H groups in total. The van der Waals surface area contributed by atoms with Crippen LogP contribution in [0.4, 0.5) is 10.3 Å². The molecular weight excluding hydrogens is 465 g/mol. The summed E-state index contributed by atoms with van der Waals surface area (Å²) >= 11 is 0. The van der Waals surface area contributed by atoms with Crippen LogP contribution in [0.5, 0.6) is 0 Å². The van der Waals surface area contributed by atoms with E-state index in [4.69, 9.17) is 4.98 Å². The molecule has 35 heavy (non-hydrogen) atoms. The predicted molar refractivity (Wildman–Crippen MR) is 134 cm³/mol. The predicted octanol–water partition coefficient (Wildman–Crippen LogP) is 4.81. The zero-order chi connectivity index (χ0) is 24.6. The number of benzene rings is 2. The van der Waals surface area contributed by atoms with E-state index >= 15 is 0 Å². The van der Waals surface area contributed by atoms with Crippen molar-refractivity contribution in [1.82, 2.24) is 19.5 Å². The Morgan fingerprint density at radius 3 is 2.51 bits per heavy atom. The molecule has 2 aromatic heterocycles. The van der Waals surface area contributed by atoms with E-state index in [9.17, 15) is 12.8 Å². The minimum absolute atomic E-state index is 0.0836. The maximum Gasteiger partial charge on any atom is 0.223 e. The Morgan fingerprint density at radius 2 is 1.80 bits per heavy atom. The highest BCUT2D eigenvalue weighted by molar-refractivity contribution is 7.91. The van der Waals surface area contributed by atoms with E-state index in [2.05, 4.69) is 15.3 Å². The lowest BCUT2D eigenvalue weighted by Crippen LogP contribution is -2.37. The fourth-order valence-corrected chi connectivity index (χ4v) is 6.45. The normalized spacial score (nSPS) is 17.3. The largest absolute Gasteiger partial charge is 0.354 e. The van der Waals surface area contributed by atoms with Gasteiger partial charge in [-0.3, -0.25) is 0 Å². The number of imidazole rings is 1. The number of aromatic nitrogens is 4. The summed E-state index contributed by atoms with van der Waals surface area (Å²) in [6.07, 6.45) is 2.55. The number of rotatable bonds is 7.